The Morgan fingerprint density at radius 3 is 2.93 bits per heavy atom. The molecule has 7 nitrogen and oxygen atoms in total. The maximum absolute atomic E-state index is 12.0. The molecule has 28 heavy (non-hydrogen) atoms. The molecule has 0 aliphatic carbocycles. The molecule has 0 atom stereocenters. The minimum atomic E-state index is -0.128. The van der Waals surface area contributed by atoms with E-state index in [1.165, 1.54) is 23.1 Å². The second kappa shape index (κ2) is 8.41. The minimum absolute atomic E-state index is 0.128. The number of nitrogens with zero attached hydrogens (tertiary/aromatic N) is 4. The van der Waals surface area contributed by atoms with E-state index in [1.807, 2.05) is 47.3 Å². The number of thioether (sulfide) groups is 1. The van der Waals surface area contributed by atoms with E-state index in [-0.39, 0.29) is 11.7 Å². The molecule has 0 spiro atoms. The molecule has 2 heterocycles. The van der Waals surface area contributed by atoms with Crippen LogP contribution in [-0.4, -0.2) is 31.4 Å². The van der Waals surface area contributed by atoms with Crippen LogP contribution in [0.3, 0.4) is 0 Å². The molecule has 0 saturated carbocycles. The molecule has 0 bridgehead atoms. The first kappa shape index (κ1) is 18.5. The number of hydrogen-bond donors (Lipinski definition) is 1. The normalized spacial score (nSPS) is 10.9. The molecule has 9 heteroatoms. The first-order chi connectivity index (χ1) is 13.7. The summed E-state index contributed by atoms with van der Waals surface area (Å²) in [7, 11) is 1.86. The van der Waals surface area contributed by atoms with Crippen LogP contribution in [0.1, 0.15) is 5.82 Å². The van der Waals surface area contributed by atoms with Crippen LogP contribution in [0, 0.1) is 0 Å². The molecule has 0 unspecified atom stereocenters. The van der Waals surface area contributed by atoms with Crippen LogP contribution in [0.25, 0.3) is 10.8 Å². The van der Waals surface area contributed by atoms with Gasteiger partial charge < -0.3 is 14.6 Å². The van der Waals surface area contributed by atoms with Crippen LogP contribution in [-0.2, 0) is 18.4 Å². The van der Waals surface area contributed by atoms with Gasteiger partial charge in [0.05, 0.1) is 5.75 Å². The van der Waals surface area contributed by atoms with Gasteiger partial charge in [0.1, 0.15) is 12.4 Å². The number of ether oxygens (including phenoxy) is 1. The number of fused-ring (bicyclic) bond motifs is 1. The van der Waals surface area contributed by atoms with Crippen molar-refractivity contribution in [3.05, 3.63) is 59.9 Å². The van der Waals surface area contributed by atoms with E-state index in [1.54, 1.807) is 6.20 Å². The number of aromatic nitrogens is 4. The Kier molecular flexibility index (Phi) is 5.54. The van der Waals surface area contributed by atoms with Gasteiger partial charge >= 0.3 is 0 Å². The average Bonchev–Trinajstić information content (AvgIpc) is 3.34. The number of hydrogen-bond acceptors (Lipinski definition) is 7. The number of benzene rings is 2. The Labute approximate surface area is 169 Å². The third-order valence-corrected chi connectivity index (χ3v) is 5.75. The van der Waals surface area contributed by atoms with Gasteiger partial charge in [-0.3, -0.25) is 4.79 Å². The molecule has 4 aromatic rings. The lowest BCUT2D eigenvalue weighted by Gasteiger charge is -2.09. The van der Waals surface area contributed by atoms with Crippen molar-refractivity contribution in [2.24, 2.45) is 7.05 Å². The van der Waals surface area contributed by atoms with Crippen LogP contribution < -0.4 is 10.1 Å². The molecule has 2 aromatic heterocycles. The van der Waals surface area contributed by atoms with E-state index in [9.17, 15) is 4.79 Å². The van der Waals surface area contributed by atoms with E-state index in [0.717, 1.165) is 16.5 Å². The Hall–Kier alpha value is -2.91. The molecule has 0 saturated heterocycles. The van der Waals surface area contributed by atoms with Gasteiger partial charge in [-0.1, -0.05) is 48.2 Å². The lowest BCUT2D eigenvalue weighted by atomic mass is 10.1. The third-order valence-electron chi connectivity index (χ3n) is 4.04. The molecule has 1 amide bonds. The van der Waals surface area contributed by atoms with E-state index in [4.69, 9.17) is 4.74 Å². The highest BCUT2D eigenvalue weighted by Gasteiger charge is 2.13. The average molecular weight is 412 g/mol. The summed E-state index contributed by atoms with van der Waals surface area (Å²) in [5.74, 6) is 1.60. The second-order valence-corrected chi connectivity index (χ2v) is 7.73. The molecule has 0 radical (unpaired) electrons. The number of carbonyl (C=O) groups is 1. The summed E-state index contributed by atoms with van der Waals surface area (Å²) < 4.78 is 7.82. The van der Waals surface area contributed by atoms with Gasteiger partial charge in [-0.15, -0.1) is 21.5 Å². The van der Waals surface area contributed by atoms with Gasteiger partial charge in [0, 0.05) is 24.0 Å². The number of carbonyl (C=O) groups excluding carboxylic acids is 1. The monoisotopic (exact) mass is 411 g/mol. The van der Waals surface area contributed by atoms with E-state index in [0.29, 0.717) is 22.7 Å². The highest BCUT2D eigenvalue weighted by Crippen LogP contribution is 2.26. The first-order valence-electron chi connectivity index (χ1n) is 8.51. The summed E-state index contributed by atoms with van der Waals surface area (Å²) in [6.07, 6.45) is 1.65. The molecule has 0 fully saturated rings. The molecule has 2 aromatic carbocycles. The van der Waals surface area contributed by atoms with Crippen molar-refractivity contribution >= 4 is 44.9 Å². The van der Waals surface area contributed by atoms with Crippen LogP contribution in [0.15, 0.2) is 59.2 Å². The fourth-order valence-corrected chi connectivity index (χ4v) is 3.91. The highest BCUT2D eigenvalue weighted by molar-refractivity contribution is 7.99. The molecular formula is C19H17N5O2S2. The number of rotatable bonds is 7. The zero-order chi connectivity index (χ0) is 19.3. The van der Waals surface area contributed by atoms with Crippen molar-refractivity contribution in [2.75, 3.05) is 11.1 Å². The van der Waals surface area contributed by atoms with Gasteiger partial charge in [-0.25, -0.2) is 4.98 Å². The summed E-state index contributed by atoms with van der Waals surface area (Å²) in [6.45, 7) is 0.295. The number of nitrogens with one attached hydrogen (secondary N) is 1. The smallest absolute Gasteiger partial charge is 0.236 e. The van der Waals surface area contributed by atoms with Gasteiger partial charge in [0.15, 0.2) is 16.1 Å². The maximum atomic E-state index is 12.0. The largest absolute Gasteiger partial charge is 0.485 e. The standard InChI is InChI=1S/C19H17N5O2S2/c1-24-16(11-26-15-8-4-6-13-5-2-3-7-14(13)15)22-23-19(24)28-12-17(25)21-18-20-9-10-27-18/h2-10H,11-12H2,1H3,(H,20,21,25). The molecule has 0 aliphatic heterocycles. The van der Waals surface area contributed by atoms with Crippen molar-refractivity contribution in [3.63, 3.8) is 0 Å². The summed E-state index contributed by atoms with van der Waals surface area (Å²) in [5, 5.41) is 16.3. The number of anilines is 1. The van der Waals surface area contributed by atoms with Gasteiger partial charge in [0.2, 0.25) is 5.91 Å². The zero-order valence-electron chi connectivity index (χ0n) is 15.0. The second-order valence-electron chi connectivity index (χ2n) is 5.90. The summed E-state index contributed by atoms with van der Waals surface area (Å²) >= 11 is 2.70. The Morgan fingerprint density at radius 1 is 1.21 bits per heavy atom. The quantitative estimate of drug-likeness (QED) is 0.467. The maximum Gasteiger partial charge on any atom is 0.236 e. The van der Waals surface area contributed by atoms with Crippen molar-refractivity contribution in [1.82, 2.24) is 19.7 Å². The first-order valence-corrected chi connectivity index (χ1v) is 10.4. The molecule has 1 N–H and O–H groups in total. The van der Waals surface area contributed by atoms with Crippen molar-refractivity contribution in [3.8, 4) is 5.75 Å². The fraction of sp³-hybridized carbons (Fsp3) is 0.158. The van der Waals surface area contributed by atoms with Crippen molar-refractivity contribution in [2.45, 2.75) is 11.8 Å². The predicted octanol–water partition coefficient (Wildman–Crippen LogP) is 3.73. The number of thiazole rings is 1. The molecule has 0 aliphatic rings. The Morgan fingerprint density at radius 2 is 2.07 bits per heavy atom. The molecule has 4 rings (SSSR count). The topological polar surface area (TPSA) is 81.9 Å². The summed E-state index contributed by atoms with van der Waals surface area (Å²) in [4.78, 5) is 16.0. The molecular weight excluding hydrogens is 394 g/mol. The molecule has 142 valence electrons. The lowest BCUT2D eigenvalue weighted by molar-refractivity contribution is -0.113. The predicted molar refractivity (Wildman–Crippen MR) is 111 cm³/mol. The van der Waals surface area contributed by atoms with Crippen LogP contribution in [0.2, 0.25) is 0 Å². The van der Waals surface area contributed by atoms with Crippen LogP contribution >= 0.6 is 23.1 Å². The van der Waals surface area contributed by atoms with Crippen LogP contribution in [0.5, 0.6) is 5.75 Å². The SMILES string of the molecule is Cn1c(COc2cccc3ccccc23)nnc1SCC(=O)Nc1nccs1. The summed E-state index contributed by atoms with van der Waals surface area (Å²) in [5.41, 5.74) is 0. The highest BCUT2D eigenvalue weighted by atomic mass is 32.2. The van der Waals surface area contributed by atoms with E-state index in [2.05, 4.69) is 32.6 Å². The Balaban J connectivity index is 1.37. The summed E-state index contributed by atoms with van der Waals surface area (Å²) in [6, 6.07) is 14.0. The van der Waals surface area contributed by atoms with Crippen molar-refractivity contribution in [1.29, 1.82) is 0 Å². The lowest BCUT2D eigenvalue weighted by Crippen LogP contribution is -2.14. The zero-order valence-corrected chi connectivity index (χ0v) is 16.7. The number of amides is 1. The van der Waals surface area contributed by atoms with Crippen molar-refractivity contribution < 1.29 is 9.53 Å². The fourth-order valence-electron chi connectivity index (χ4n) is 2.63. The third kappa shape index (κ3) is 4.15. The van der Waals surface area contributed by atoms with E-state index >= 15 is 0 Å². The van der Waals surface area contributed by atoms with Gasteiger partial charge in [-0.2, -0.15) is 0 Å². The van der Waals surface area contributed by atoms with E-state index < -0.39 is 0 Å². The minimum Gasteiger partial charge on any atom is -0.485 e. The van der Waals surface area contributed by atoms with Gasteiger partial charge in [0.25, 0.3) is 0 Å². The Bertz CT molecular complexity index is 1090. The van der Waals surface area contributed by atoms with Gasteiger partial charge in [-0.05, 0) is 11.5 Å². The van der Waals surface area contributed by atoms with Crippen LogP contribution in [0.4, 0.5) is 5.13 Å².